The van der Waals surface area contributed by atoms with Gasteiger partial charge in [0.05, 0.1) is 6.61 Å². The van der Waals surface area contributed by atoms with E-state index < -0.39 is 0 Å². The molecule has 0 bridgehead atoms. The molecule has 3 heteroatoms. The Kier molecular flexibility index (Phi) is 2.95. The van der Waals surface area contributed by atoms with E-state index in [4.69, 9.17) is 9.15 Å². The first-order valence-electron chi connectivity index (χ1n) is 5.39. The Morgan fingerprint density at radius 2 is 2.12 bits per heavy atom. The van der Waals surface area contributed by atoms with Gasteiger partial charge in [0.1, 0.15) is 5.58 Å². The molecule has 1 aromatic heterocycles. The average Bonchev–Trinajstić information content (AvgIpc) is 2.64. The van der Waals surface area contributed by atoms with E-state index in [2.05, 4.69) is 0 Å². The summed E-state index contributed by atoms with van der Waals surface area (Å²) in [6.45, 7) is 4.25. The van der Waals surface area contributed by atoms with Crippen molar-refractivity contribution in [2.45, 2.75) is 20.3 Å². The number of ether oxygens (including phenoxy) is 1. The molecule has 0 aliphatic carbocycles. The van der Waals surface area contributed by atoms with Gasteiger partial charge in [0.15, 0.2) is 0 Å². The van der Waals surface area contributed by atoms with Gasteiger partial charge in [-0.3, -0.25) is 0 Å². The first-order chi connectivity index (χ1) is 7.74. The molecule has 1 heterocycles. The molecule has 0 saturated carbocycles. The van der Waals surface area contributed by atoms with Gasteiger partial charge in [-0.05, 0) is 19.4 Å². The van der Waals surface area contributed by atoms with Crippen molar-refractivity contribution < 1.29 is 13.9 Å². The van der Waals surface area contributed by atoms with Crippen molar-refractivity contribution in [1.29, 1.82) is 0 Å². The number of rotatable bonds is 3. The first-order valence-corrected chi connectivity index (χ1v) is 5.39. The molecule has 0 saturated heterocycles. The number of esters is 1. The molecule has 0 atom stereocenters. The molecule has 84 valence electrons. The van der Waals surface area contributed by atoms with Crippen molar-refractivity contribution in [2.24, 2.45) is 0 Å². The maximum Gasteiger partial charge on any atom is 0.374 e. The predicted octanol–water partition coefficient (Wildman–Crippen LogP) is 3.31. The van der Waals surface area contributed by atoms with Crippen LogP contribution in [-0.4, -0.2) is 12.6 Å². The molecule has 3 nitrogen and oxygen atoms in total. The van der Waals surface area contributed by atoms with Gasteiger partial charge in [0, 0.05) is 10.9 Å². The molecule has 2 rings (SSSR count). The van der Waals surface area contributed by atoms with Gasteiger partial charge in [-0.2, -0.15) is 0 Å². The van der Waals surface area contributed by atoms with Crippen LogP contribution in [0.1, 0.15) is 29.5 Å². The van der Waals surface area contributed by atoms with Crippen LogP contribution in [0.2, 0.25) is 0 Å². The summed E-state index contributed by atoms with van der Waals surface area (Å²) in [5, 5.41) is 0.964. The number of carbonyl (C=O) groups is 1. The standard InChI is InChI=1S/C13H14O3/c1-3-8-15-13(14)12-9(2)10-6-4-5-7-11(10)16-12/h4-7H,3,8H2,1-2H3. The number of carbonyl (C=O) groups excluding carboxylic acids is 1. The number of furan rings is 1. The molecule has 0 unspecified atom stereocenters. The maximum atomic E-state index is 11.7. The van der Waals surface area contributed by atoms with E-state index in [0.29, 0.717) is 12.4 Å². The summed E-state index contributed by atoms with van der Waals surface area (Å²) in [6, 6.07) is 7.59. The van der Waals surface area contributed by atoms with Gasteiger partial charge >= 0.3 is 5.97 Å². The molecule has 16 heavy (non-hydrogen) atoms. The smallest absolute Gasteiger partial charge is 0.374 e. The Labute approximate surface area is 94.0 Å². The molecule has 0 N–H and O–H groups in total. The molecule has 0 spiro atoms. The number of para-hydroxylation sites is 1. The topological polar surface area (TPSA) is 39.4 Å². The zero-order valence-electron chi connectivity index (χ0n) is 9.45. The number of fused-ring (bicyclic) bond motifs is 1. The predicted molar refractivity (Wildman–Crippen MR) is 61.5 cm³/mol. The van der Waals surface area contributed by atoms with Gasteiger partial charge in [-0.15, -0.1) is 0 Å². The molecular formula is C13H14O3. The highest BCUT2D eigenvalue weighted by Gasteiger charge is 2.18. The lowest BCUT2D eigenvalue weighted by atomic mass is 10.1. The van der Waals surface area contributed by atoms with Crippen LogP contribution >= 0.6 is 0 Å². The van der Waals surface area contributed by atoms with Crippen LogP contribution in [0.25, 0.3) is 11.0 Å². The highest BCUT2D eigenvalue weighted by atomic mass is 16.5. The van der Waals surface area contributed by atoms with Crippen LogP contribution in [0, 0.1) is 6.92 Å². The Hall–Kier alpha value is -1.77. The third-order valence-corrected chi connectivity index (χ3v) is 2.47. The van der Waals surface area contributed by atoms with E-state index in [0.717, 1.165) is 23.0 Å². The highest BCUT2D eigenvalue weighted by Crippen LogP contribution is 2.25. The van der Waals surface area contributed by atoms with Crippen molar-refractivity contribution in [3.8, 4) is 0 Å². The summed E-state index contributed by atoms with van der Waals surface area (Å²) >= 11 is 0. The van der Waals surface area contributed by atoms with E-state index in [9.17, 15) is 4.79 Å². The SMILES string of the molecule is CCCOC(=O)c1oc2ccccc2c1C. The second-order valence-corrected chi connectivity index (χ2v) is 3.69. The van der Waals surface area contributed by atoms with Crippen molar-refractivity contribution in [1.82, 2.24) is 0 Å². The van der Waals surface area contributed by atoms with Crippen LogP contribution in [0.3, 0.4) is 0 Å². The Morgan fingerprint density at radius 3 is 2.81 bits per heavy atom. The summed E-state index contributed by atoms with van der Waals surface area (Å²) in [7, 11) is 0. The normalized spacial score (nSPS) is 10.6. The number of hydrogen-bond acceptors (Lipinski definition) is 3. The van der Waals surface area contributed by atoms with Crippen LogP contribution in [0.5, 0.6) is 0 Å². The minimum Gasteiger partial charge on any atom is -0.460 e. The second kappa shape index (κ2) is 4.39. The lowest BCUT2D eigenvalue weighted by Gasteiger charge is -2.00. The lowest BCUT2D eigenvalue weighted by molar-refractivity contribution is 0.0470. The second-order valence-electron chi connectivity index (χ2n) is 3.69. The largest absolute Gasteiger partial charge is 0.460 e. The molecule has 0 amide bonds. The monoisotopic (exact) mass is 218 g/mol. The zero-order valence-corrected chi connectivity index (χ0v) is 9.45. The maximum absolute atomic E-state index is 11.7. The minimum absolute atomic E-state index is 0.314. The third-order valence-electron chi connectivity index (χ3n) is 2.47. The molecule has 1 aromatic carbocycles. The summed E-state index contributed by atoms with van der Waals surface area (Å²) in [6.07, 6.45) is 0.811. The van der Waals surface area contributed by atoms with Crippen LogP contribution in [0.15, 0.2) is 28.7 Å². The van der Waals surface area contributed by atoms with E-state index in [1.807, 2.05) is 38.1 Å². The summed E-state index contributed by atoms with van der Waals surface area (Å²) in [5.41, 5.74) is 1.57. The first kappa shape index (κ1) is 10.7. The van der Waals surface area contributed by atoms with E-state index >= 15 is 0 Å². The Balaban J connectivity index is 2.37. The summed E-state index contributed by atoms with van der Waals surface area (Å²) in [4.78, 5) is 11.7. The minimum atomic E-state index is -0.379. The van der Waals surface area contributed by atoms with Gasteiger partial charge < -0.3 is 9.15 Å². The van der Waals surface area contributed by atoms with Crippen molar-refractivity contribution in [3.63, 3.8) is 0 Å². The molecule has 0 radical (unpaired) electrons. The van der Waals surface area contributed by atoms with E-state index in [1.165, 1.54) is 0 Å². The van der Waals surface area contributed by atoms with Crippen molar-refractivity contribution >= 4 is 16.9 Å². The van der Waals surface area contributed by atoms with Gasteiger partial charge in [0.25, 0.3) is 0 Å². The van der Waals surface area contributed by atoms with Crippen molar-refractivity contribution in [3.05, 3.63) is 35.6 Å². The number of aryl methyl sites for hydroxylation is 1. The fraction of sp³-hybridized carbons (Fsp3) is 0.308. The van der Waals surface area contributed by atoms with E-state index in [-0.39, 0.29) is 5.97 Å². The van der Waals surface area contributed by atoms with Gasteiger partial charge in [-0.1, -0.05) is 25.1 Å². The molecular weight excluding hydrogens is 204 g/mol. The van der Waals surface area contributed by atoms with Crippen molar-refractivity contribution in [2.75, 3.05) is 6.61 Å². The molecule has 2 aromatic rings. The quantitative estimate of drug-likeness (QED) is 0.742. The molecule has 0 aliphatic rings. The average molecular weight is 218 g/mol. The van der Waals surface area contributed by atoms with E-state index in [1.54, 1.807) is 0 Å². The molecule has 0 fully saturated rings. The lowest BCUT2D eigenvalue weighted by Crippen LogP contribution is -2.05. The molecule has 0 aliphatic heterocycles. The summed E-state index contributed by atoms with van der Waals surface area (Å²) < 4.78 is 10.5. The summed E-state index contributed by atoms with van der Waals surface area (Å²) in [5.74, 6) is -0.0646. The van der Waals surface area contributed by atoms with Crippen LogP contribution in [0.4, 0.5) is 0 Å². The zero-order chi connectivity index (χ0) is 11.5. The third kappa shape index (κ3) is 1.81. The van der Waals surface area contributed by atoms with Gasteiger partial charge in [0.2, 0.25) is 5.76 Å². The fourth-order valence-corrected chi connectivity index (χ4v) is 1.63. The highest BCUT2D eigenvalue weighted by molar-refractivity contribution is 5.95. The Bertz CT molecular complexity index is 511. The van der Waals surface area contributed by atoms with Gasteiger partial charge in [-0.25, -0.2) is 4.79 Å². The Morgan fingerprint density at radius 1 is 1.38 bits per heavy atom. The number of hydrogen-bond donors (Lipinski definition) is 0. The fourth-order valence-electron chi connectivity index (χ4n) is 1.63. The number of benzene rings is 1. The van der Waals surface area contributed by atoms with Crippen LogP contribution in [-0.2, 0) is 4.74 Å². The van der Waals surface area contributed by atoms with Crippen LogP contribution < -0.4 is 0 Å².